The lowest BCUT2D eigenvalue weighted by atomic mass is 10.0. The zero-order valence-electron chi connectivity index (χ0n) is 20.2. The molecule has 2 rings (SSSR count). The number of ether oxygens (including phenoxy) is 1. The smallest absolute Gasteiger partial charge is 0.325 e. The highest BCUT2D eigenvalue weighted by Gasteiger charge is 2.25. The number of rotatable bonds is 16. The number of hydrogen-bond donors (Lipinski definition) is 2. The normalized spacial score (nSPS) is 11.9. The number of carboxylic acid groups (broad SMARTS) is 1. The summed E-state index contributed by atoms with van der Waals surface area (Å²) in [5, 5.41) is 12.8. The van der Waals surface area contributed by atoms with Gasteiger partial charge in [-0.25, -0.2) is 0 Å². The number of amides is 1. The standard InChI is InChI=1S/C27H36N2O5/c1-3-34-20-23(30)16-9-4-5-10-18-25(31)28-24-17-12-11-15-22(24)19-29(2)26(27(32)33)21-13-7-6-8-14-21/h6-8,11-15,17,26H,3-5,9-10,16,18-20H2,1-2H3,(H,28,31)(H,32,33)/t26-/m0/s1. The van der Waals surface area contributed by atoms with Crippen molar-refractivity contribution in [3.8, 4) is 0 Å². The molecule has 0 saturated carbocycles. The monoisotopic (exact) mass is 468 g/mol. The molecule has 0 fully saturated rings. The van der Waals surface area contributed by atoms with Gasteiger partial charge < -0.3 is 15.2 Å². The molecule has 0 aliphatic rings. The van der Waals surface area contributed by atoms with Crippen molar-refractivity contribution in [2.45, 2.75) is 58.0 Å². The topological polar surface area (TPSA) is 95.9 Å². The maximum atomic E-state index is 12.5. The summed E-state index contributed by atoms with van der Waals surface area (Å²) in [5.41, 5.74) is 2.25. The van der Waals surface area contributed by atoms with E-state index in [0.29, 0.717) is 37.2 Å². The third-order valence-corrected chi connectivity index (χ3v) is 5.58. The highest BCUT2D eigenvalue weighted by Crippen LogP contribution is 2.24. The molecular weight excluding hydrogens is 432 g/mol. The molecule has 2 aromatic carbocycles. The second kappa shape index (κ2) is 15.0. The van der Waals surface area contributed by atoms with E-state index in [1.165, 1.54) is 0 Å². The van der Waals surface area contributed by atoms with Gasteiger partial charge in [0.1, 0.15) is 12.6 Å². The van der Waals surface area contributed by atoms with Crippen molar-refractivity contribution >= 4 is 23.3 Å². The maximum absolute atomic E-state index is 12.5. The highest BCUT2D eigenvalue weighted by atomic mass is 16.5. The fourth-order valence-corrected chi connectivity index (χ4v) is 3.82. The fraction of sp³-hybridized carbons (Fsp3) is 0.444. The van der Waals surface area contributed by atoms with E-state index in [-0.39, 0.29) is 18.3 Å². The molecule has 1 atom stereocenters. The quantitative estimate of drug-likeness (QED) is 0.343. The second-order valence-electron chi connectivity index (χ2n) is 8.36. The Bertz CT molecular complexity index is 916. The number of para-hydroxylation sites is 1. The number of aliphatic carboxylic acids is 1. The first-order chi connectivity index (χ1) is 16.4. The van der Waals surface area contributed by atoms with Crippen LogP contribution in [0.3, 0.4) is 0 Å². The average molecular weight is 469 g/mol. The van der Waals surface area contributed by atoms with E-state index in [9.17, 15) is 19.5 Å². The van der Waals surface area contributed by atoms with Gasteiger partial charge in [-0.1, -0.05) is 61.4 Å². The molecule has 2 N–H and O–H groups in total. The number of nitrogens with zero attached hydrogens (tertiary/aromatic N) is 1. The summed E-state index contributed by atoms with van der Waals surface area (Å²) in [7, 11) is 1.77. The number of hydrogen-bond acceptors (Lipinski definition) is 5. The molecule has 7 heteroatoms. The Balaban J connectivity index is 1.83. The Morgan fingerprint density at radius 3 is 2.26 bits per heavy atom. The van der Waals surface area contributed by atoms with Crippen molar-refractivity contribution in [3.05, 3.63) is 65.7 Å². The van der Waals surface area contributed by atoms with Gasteiger partial charge in [-0.2, -0.15) is 0 Å². The minimum atomic E-state index is -0.921. The van der Waals surface area contributed by atoms with Gasteiger partial charge in [-0.15, -0.1) is 0 Å². The van der Waals surface area contributed by atoms with E-state index in [1.807, 2.05) is 49.4 Å². The number of carboxylic acids is 1. The zero-order chi connectivity index (χ0) is 24.8. The third kappa shape index (κ3) is 9.45. The number of ketones is 1. The molecule has 1 amide bonds. The van der Waals surface area contributed by atoms with Gasteiger partial charge in [0.15, 0.2) is 5.78 Å². The number of likely N-dealkylation sites (N-methyl/N-ethyl adjacent to an activating group) is 1. The summed E-state index contributed by atoms with van der Waals surface area (Å²) in [6, 6.07) is 15.8. The van der Waals surface area contributed by atoms with Gasteiger partial charge in [0.05, 0.1) is 0 Å². The first kappa shape index (κ1) is 27.2. The van der Waals surface area contributed by atoms with E-state index in [1.54, 1.807) is 24.1 Å². The minimum Gasteiger partial charge on any atom is -0.480 e. The van der Waals surface area contributed by atoms with Gasteiger partial charge >= 0.3 is 5.97 Å². The van der Waals surface area contributed by atoms with Crippen molar-refractivity contribution in [2.75, 3.05) is 25.6 Å². The van der Waals surface area contributed by atoms with Crippen LogP contribution in [0.2, 0.25) is 0 Å². The number of unbranched alkanes of at least 4 members (excludes halogenated alkanes) is 3. The highest BCUT2D eigenvalue weighted by molar-refractivity contribution is 5.91. The van der Waals surface area contributed by atoms with Gasteiger partial charge in [0.25, 0.3) is 0 Å². The van der Waals surface area contributed by atoms with E-state index in [0.717, 1.165) is 31.2 Å². The van der Waals surface area contributed by atoms with Crippen LogP contribution in [0.1, 0.15) is 62.6 Å². The van der Waals surface area contributed by atoms with Gasteiger partial charge in [-0.05, 0) is 44.0 Å². The molecule has 0 heterocycles. The first-order valence-electron chi connectivity index (χ1n) is 11.9. The number of Topliss-reactive ketones (excluding diaryl/α,β-unsaturated/α-hetero) is 1. The number of anilines is 1. The predicted octanol–water partition coefficient (Wildman–Crippen LogP) is 4.83. The summed E-state index contributed by atoms with van der Waals surface area (Å²) < 4.78 is 5.11. The van der Waals surface area contributed by atoms with Crippen LogP contribution in [0, 0.1) is 0 Å². The predicted molar refractivity (Wildman–Crippen MR) is 133 cm³/mol. The van der Waals surface area contributed by atoms with E-state index in [2.05, 4.69) is 5.32 Å². The van der Waals surface area contributed by atoms with Gasteiger partial charge in [-0.3, -0.25) is 19.3 Å². The van der Waals surface area contributed by atoms with Crippen LogP contribution < -0.4 is 5.32 Å². The molecule has 184 valence electrons. The molecule has 0 saturated heterocycles. The van der Waals surface area contributed by atoms with Crippen molar-refractivity contribution in [2.24, 2.45) is 0 Å². The Labute approximate surface area is 202 Å². The number of nitrogens with one attached hydrogen (secondary N) is 1. The second-order valence-corrected chi connectivity index (χ2v) is 8.36. The zero-order valence-corrected chi connectivity index (χ0v) is 20.2. The number of carbonyl (C=O) groups is 3. The van der Waals surface area contributed by atoms with Crippen LogP contribution in [-0.2, 0) is 25.7 Å². The Morgan fingerprint density at radius 2 is 1.59 bits per heavy atom. The number of benzene rings is 2. The number of carbonyl (C=O) groups excluding carboxylic acids is 2. The molecule has 0 radical (unpaired) electrons. The molecule has 0 aliphatic heterocycles. The lowest BCUT2D eigenvalue weighted by Gasteiger charge is -2.26. The lowest BCUT2D eigenvalue weighted by molar-refractivity contribution is -0.143. The van der Waals surface area contributed by atoms with Crippen LogP contribution in [0.25, 0.3) is 0 Å². The SMILES string of the molecule is CCOCC(=O)CCCCCCC(=O)Nc1ccccc1CN(C)[C@H](C(=O)O)c1ccccc1. The average Bonchev–Trinajstić information content (AvgIpc) is 2.81. The molecule has 0 aromatic heterocycles. The molecule has 2 aromatic rings. The summed E-state index contributed by atoms with van der Waals surface area (Å²) in [6.07, 6.45) is 4.28. The molecule has 7 nitrogen and oxygen atoms in total. The molecular formula is C27H36N2O5. The summed E-state index contributed by atoms with van der Waals surface area (Å²) in [4.78, 5) is 37.8. The molecule has 34 heavy (non-hydrogen) atoms. The Kier molecular flexibility index (Phi) is 12.0. The summed E-state index contributed by atoms with van der Waals surface area (Å²) >= 11 is 0. The molecule has 0 spiro atoms. The van der Waals surface area contributed by atoms with Gasteiger partial charge in [0, 0.05) is 31.7 Å². The van der Waals surface area contributed by atoms with Crippen LogP contribution in [0.5, 0.6) is 0 Å². The lowest BCUT2D eigenvalue weighted by Crippen LogP contribution is -2.30. The van der Waals surface area contributed by atoms with Crippen LogP contribution >= 0.6 is 0 Å². The maximum Gasteiger partial charge on any atom is 0.325 e. The minimum absolute atomic E-state index is 0.0691. The van der Waals surface area contributed by atoms with Crippen LogP contribution in [0.15, 0.2) is 54.6 Å². The summed E-state index contributed by atoms with van der Waals surface area (Å²) in [6.45, 7) is 2.98. The Morgan fingerprint density at radius 1 is 0.941 bits per heavy atom. The van der Waals surface area contributed by atoms with Crippen molar-refractivity contribution in [3.63, 3.8) is 0 Å². The van der Waals surface area contributed by atoms with E-state index in [4.69, 9.17) is 4.74 Å². The first-order valence-corrected chi connectivity index (χ1v) is 11.9. The van der Waals surface area contributed by atoms with Gasteiger partial charge in [0.2, 0.25) is 5.91 Å². The third-order valence-electron chi connectivity index (χ3n) is 5.58. The van der Waals surface area contributed by atoms with E-state index < -0.39 is 12.0 Å². The van der Waals surface area contributed by atoms with Crippen molar-refractivity contribution in [1.82, 2.24) is 4.90 Å². The van der Waals surface area contributed by atoms with Crippen molar-refractivity contribution < 1.29 is 24.2 Å². The molecule has 0 unspecified atom stereocenters. The van der Waals surface area contributed by atoms with Crippen molar-refractivity contribution in [1.29, 1.82) is 0 Å². The summed E-state index contributed by atoms with van der Waals surface area (Å²) in [5.74, 6) is -0.867. The van der Waals surface area contributed by atoms with Crippen LogP contribution in [-0.4, -0.2) is 47.9 Å². The Hall–Kier alpha value is -3.03. The van der Waals surface area contributed by atoms with Crippen LogP contribution in [0.4, 0.5) is 5.69 Å². The largest absolute Gasteiger partial charge is 0.480 e. The van der Waals surface area contributed by atoms with E-state index >= 15 is 0 Å². The fourth-order valence-electron chi connectivity index (χ4n) is 3.82. The molecule has 0 bridgehead atoms. The molecule has 0 aliphatic carbocycles.